The van der Waals surface area contributed by atoms with Gasteiger partial charge in [0.05, 0.1) is 0 Å². The zero-order chi connectivity index (χ0) is 14.8. The summed E-state index contributed by atoms with van der Waals surface area (Å²) >= 11 is 3.34. The molecule has 3 rings (SSSR count). The molecule has 1 aliphatic rings. The van der Waals surface area contributed by atoms with E-state index in [0.29, 0.717) is 5.56 Å². The molecule has 0 fully saturated rings. The smallest absolute Gasteiger partial charge is 0.129 e. The Morgan fingerprint density at radius 3 is 2.95 bits per heavy atom. The number of fused-ring (bicyclic) bond motifs is 1. The van der Waals surface area contributed by atoms with Crippen molar-refractivity contribution in [2.24, 2.45) is 5.73 Å². The van der Waals surface area contributed by atoms with E-state index >= 15 is 0 Å². The van der Waals surface area contributed by atoms with Gasteiger partial charge in [0, 0.05) is 16.1 Å². The van der Waals surface area contributed by atoms with Gasteiger partial charge in [0.2, 0.25) is 0 Å². The van der Waals surface area contributed by atoms with Crippen molar-refractivity contribution in [3.63, 3.8) is 0 Å². The molecule has 2 N–H and O–H groups in total. The number of hydrogen-bond acceptors (Lipinski definition) is 2. The lowest BCUT2D eigenvalue weighted by molar-refractivity contribution is 0.299. The van der Waals surface area contributed by atoms with Crippen molar-refractivity contribution in [1.82, 2.24) is 0 Å². The Bertz CT molecular complexity index is 659. The maximum Gasteiger partial charge on any atom is 0.129 e. The zero-order valence-corrected chi connectivity index (χ0v) is 13.2. The van der Waals surface area contributed by atoms with Crippen LogP contribution in [0.4, 0.5) is 4.39 Å². The van der Waals surface area contributed by atoms with Crippen molar-refractivity contribution in [2.75, 3.05) is 0 Å². The number of ether oxygens (including phenoxy) is 1. The van der Waals surface area contributed by atoms with Crippen LogP contribution in [-0.2, 0) is 13.0 Å². The van der Waals surface area contributed by atoms with E-state index in [-0.39, 0.29) is 18.5 Å². The second-order valence-corrected chi connectivity index (χ2v) is 6.30. The molecule has 0 aliphatic heterocycles. The second-order valence-electron chi connectivity index (χ2n) is 5.38. The summed E-state index contributed by atoms with van der Waals surface area (Å²) in [6, 6.07) is 11.0. The first-order valence-corrected chi connectivity index (χ1v) is 7.88. The van der Waals surface area contributed by atoms with Gasteiger partial charge in [-0.1, -0.05) is 22.0 Å². The van der Waals surface area contributed by atoms with Gasteiger partial charge < -0.3 is 10.5 Å². The molecule has 0 bridgehead atoms. The van der Waals surface area contributed by atoms with Crippen molar-refractivity contribution >= 4 is 15.9 Å². The highest BCUT2D eigenvalue weighted by molar-refractivity contribution is 9.10. The predicted molar refractivity (Wildman–Crippen MR) is 84.7 cm³/mol. The highest BCUT2D eigenvalue weighted by atomic mass is 79.9. The number of nitrogens with two attached hydrogens (primary N) is 1. The Kier molecular flexibility index (Phi) is 4.27. The molecule has 110 valence electrons. The van der Waals surface area contributed by atoms with Crippen LogP contribution >= 0.6 is 15.9 Å². The summed E-state index contributed by atoms with van der Waals surface area (Å²) in [5, 5.41) is 0. The molecule has 0 radical (unpaired) electrons. The van der Waals surface area contributed by atoms with Crippen LogP contribution in [0, 0.1) is 5.82 Å². The highest BCUT2D eigenvalue weighted by Gasteiger charge is 2.17. The molecule has 2 aromatic carbocycles. The number of rotatable bonds is 3. The molecule has 1 atom stereocenters. The summed E-state index contributed by atoms with van der Waals surface area (Å²) in [6.45, 7) is 0.218. The summed E-state index contributed by atoms with van der Waals surface area (Å²) in [5.41, 5.74) is 9.10. The highest BCUT2D eigenvalue weighted by Crippen LogP contribution is 2.31. The molecule has 0 amide bonds. The van der Waals surface area contributed by atoms with Crippen LogP contribution in [0.25, 0.3) is 0 Å². The zero-order valence-electron chi connectivity index (χ0n) is 11.6. The minimum Gasteiger partial charge on any atom is -0.489 e. The summed E-state index contributed by atoms with van der Waals surface area (Å²) < 4.78 is 20.3. The van der Waals surface area contributed by atoms with Crippen LogP contribution < -0.4 is 10.5 Å². The number of aryl methyl sites for hydroxylation is 1. The van der Waals surface area contributed by atoms with Crippen molar-refractivity contribution in [3.05, 3.63) is 63.4 Å². The quantitative estimate of drug-likeness (QED) is 0.884. The molecule has 2 aromatic rings. The van der Waals surface area contributed by atoms with E-state index in [9.17, 15) is 4.39 Å². The molecule has 2 nitrogen and oxygen atoms in total. The lowest BCUT2D eigenvalue weighted by atomic mass is 9.88. The fourth-order valence-electron chi connectivity index (χ4n) is 2.73. The van der Waals surface area contributed by atoms with Gasteiger partial charge in [-0.3, -0.25) is 0 Å². The monoisotopic (exact) mass is 349 g/mol. The van der Waals surface area contributed by atoms with Crippen molar-refractivity contribution < 1.29 is 9.13 Å². The Morgan fingerprint density at radius 1 is 1.24 bits per heavy atom. The number of halogens is 2. The summed E-state index contributed by atoms with van der Waals surface area (Å²) in [4.78, 5) is 0. The van der Waals surface area contributed by atoms with Gasteiger partial charge in [-0.2, -0.15) is 0 Å². The van der Waals surface area contributed by atoms with Crippen LogP contribution in [0.15, 0.2) is 40.9 Å². The third kappa shape index (κ3) is 3.27. The molecule has 4 heteroatoms. The largest absolute Gasteiger partial charge is 0.489 e. The molecule has 21 heavy (non-hydrogen) atoms. The number of hydrogen-bond donors (Lipinski definition) is 1. The average molecular weight is 350 g/mol. The minimum atomic E-state index is -0.252. The molecule has 0 saturated heterocycles. The third-order valence-corrected chi connectivity index (χ3v) is 4.37. The van der Waals surface area contributed by atoms with E-state index in [1.807, 2.05) is 18.2 Å². The molecule has 1 aliphatic carbocycles. The fourth-order valence-corrected chi connectivity index (χ4v) is 3.14. The molecule has 0 spiro atoms. The molecule has 0 heterocycles. The van der Waals surface area contributed by atoms with Gasteiger partial charge in [-0.25, -0.2) is 4.39 Å². The van der Waals surface area contributed by atoms with Crippen LogP contribution in [0.3, 0.4) is 0 Å². The Morgan fingerprint density at radius 2 is 2.10 bits per heavy atom. The summed E-state index contributed by atoms with van der Waals surface area (Å²) in [5.74, 6) is 0.514. The first-order valence-electron chi connectivity index (χ1n) is 7.08. The van der Waals surface area contributed by atoms with E-state index < -0.39 is 0 Å². The first-order chi connectivity index (χ1) is 10.1. The van der Waals surface area contributed by atoms with E-state index in [1.165, 1.54) is 17.2 Å². The predicted octanol–water partition coefficient (Wildman–Crippen LogP) is 4.50. The molecular formula is C17H17BrFNO. The van der Waals surface area contributed by atoms with Crippen LogP contribution in [0.2, 0.25) is 0 Å². The maximum atomic E-state index is 13.7. The maximum absolute atomic E-state index is 13.7. The first kappa shape index (κ1) is 14.5. The van der Waals surface area contributed by atoms with E-state index in [1.54, 1.807) is 12.1 Å². The van der Waals surface area contributed by atoms with Gasteiger partial charge in [0.25, 0.3) is 0 Å². The minimum absolute atomic E-state index is 0.130. The normalized spacial score (nSPS) is 17.4. The van der Waals surface area contributed by atoms with Gasteiger partial charge in [-0.05, 0) is 60.7 Å². The third-order valence-electron chi connectivity index (χ3n) is 3.88. The van der Waals surface area contributed by atoms with Gasteiger partial charge >= 0.3 is 0 Å². The van der Waals surface area contributed by atoms with Gasteiger partial charge in [0.1, 0.15) is 18.2 Å². The van der Waals surface area contributed by atoms with Gasteiger partial charge in [-0.15, -0.1) is 0 Å². The standard InChI is InChI=1S/C17H17BrFNO/c18-13-4-7-16(19)12(8-13)10-21-14-5-6-15-11(9-14)2-1-3-17(15)20/h4-9,17H,1-3,10,20H2. The van der Waals surface area contributed by atoms with E-state index in [2.05, 4.69) is 15.9 Å². The molecule has 1 unspecified atom stereocenters. The molecular weight excluding hydrogens is 333 g/mol. The van der Waals surface area contributed by atoms with E-state index in [0.717, 1.165) is 29.5 Å². The van der Waals surface area contributed by atoms with Crippen LogP contribution in [-0.4, -0.2) is 0 Å². The molecule has 0 aromatic heterocycles. The molecule has 0 saturated carbocycles. The lowest BCUT2D eigenvalue weighted by Gasteiger charge is -2.22. The Labute approximate surface area is 132 Å². The fraction of sp³-hybridized carbons (Fsp3) is 0.294. The van der Waals surface area contributed by atoms with E-state index in [4.69, 9.17) is 10.5 Å². The average Bonchev–Trinajstić information content (AvgIpc) is 2.48. The second kappa shape index (κ2) is 6.16. The number of benzene rings is 2. The SMILES string of the molecule is NC1CCCc2cc(OCc3cc(Br)ccc3F)ccc21. The Hall–Kier alpha value is -1.39. The van der Waals surface area contributed by atoms with Crippen molar-refractivity contribution in [3.8, 4) is 5.75 Å². The van der Waals surface area contributed by atoms with Crippen LogP contribution in [0.5, 0.6) is 5.75 Å². The van der Waals surface area contributed by atoms with Crippen LogP contribution in [0.1, 0.15) is 35.6 Å². The Balaban J connectivity index is 1.75. The topological polar surface area (TPSA) is 35.2 Å². The van der Waals surface area contributed by atoms with Crippen molar-refractivity contribution in [2.45, 2.75) is 31.9 Å². The van der Waals surface area contributed by atoms with Crippen molar-refractivity contribution in [1.29, 1.82) is 0 Å². The summed E-state index contributed by atoms with van der Waals surface area (Å²) in [7, 11) is 0. The summed E-state index contributed by atoms with van der Waals surface area (Å²) in [6.07, 6.45) is 3.18. The van der Waals surface area contributed by atoms with Gasteiger partial charge in [0.15, 0.2) is 0 Å². The lowest BCUT2D eigenvalue weighted by Crippen LogP contribution is -2.17.